The molecular formula is H4K2O4S. The molecule has 0 aromatic rings. The van der Waals surface area contributed by atoms with Crippen molar-refractivity contribution in [3.63, 3.8) is 0 Å². The molecule has 0 amide bonds. The van der Waals surface area contributed by atoms with Crippen LogP contribution < -0.4 is 0 Å². The van der Waals surface area contributed by atoms with Crippen LogP contribution in [-0.2, 0) is 10.4 Å². The van der Waals surface area contributed by atoms with Crippen molar-refractivity contribution in [3.8, 4) is 0 Å². The minimum absolute atomic E-state index is 0. The molecule has 0 heterocycles. The molecule has 4 nitrogen and oxygen atoms in total. The normalized spacial score (nSPS) is 8.29. The standard InChI is InChI=1S/2K.H2O4S.2H/c;;1-5(2,3)4;;/h;;(H2,1,2,3,4);;. The maximum atomic E-state index is 8.74. The van der Waals surface area contributed by atoms with Crippen molar-refractivity contribution in [1.29, 1.82) is 0 Å². The predicted octanol–water partition coefficient (Wildman–Crippen LogP) is -1.95. The van der Waals surface area contributed by atoms with E-state index in [0.717, 1.165) is 0 Å². The fourth-order valence-electron chi connectivity index (χ4n) is 0. The topological polar surface area (TPSA) is 74.6 Å². The first-order valence-electron chi connectivity index (χ1n) is 0.698. The van der Waals surface area contributed by atoms with Gasteiger partial charge in [-0.15, -0.1) is 0 Å². The second-order valence-electron chi connectivity index (χ2n) is 0.448. The van der Waals surface area contributed by atoms with E-state index in [9.17, 15) is 0 Å². The molecule has 0 atom stereocenters. The molecule has 0 aliphatic carbocycles. The van der Waals surface area contributed by atoms with Crippen LogP contribution >= 0.6 is 0 Å². The summed E-state index contributed by atoms with van der Waals surface area (Å²) in [4.78, 5) is 0. The van der Waals surface area contributed by atoms with Crippen LogP contribution in [0.15, 0.2) is 0 Å². The van der Waals surface area contributed by atoms with Crippen molar-refractivity contribution < 1.29 is 17.5 Å². The van der Waals surface area contributed by atoms with Crippen LogP contribution in [0.2, 0.25) is 0 Å². The molecule has 36 valence electrons. The molecule has 2 N–H and O–H groups in total. The molecule has 0 unspecified atom stereocenters. The zero-order chi connectivity index (χ0) is 4.50. The van der Waals surface area contributed by atoms with Gasteiger partial charge in [-0.3, -0.25) is 9.11 Å². The zero-order valence-corrected chi connectivity index (χ0v) is 2.94. The van der Waals surface area contributed by atoms with Crippen LogP contribution in [0, 0.1) is 0 Å². The summed E-state index contributed by atoms with van der Waals surface area (Å²) >= 11 is 0. The second-order valence-corrected chi connectivity index (χ2v) is 1.34. The van der Waals surface area contributed by atoms with Crippen LogP contribution in [0.25, 0.3) is 0 Å². The molecule has 0 aromatic carbocycles. The van der Waals surface area contributed by atoms with E-state index in [0.29, 0.717) is 0 Å². The van der Waals surface area contributed by atoms with Gasteiger partial charge in [-0.1, -0.05) is 0 Å². The quantitative estimate of drug-likeness (QED) is 0.334. The Morgan fingerprint density at radius 3 is 1.00 bits per heavy atom. The predicted molar refractivity (Wildman–Crippen MR) is 28.5 cm³/mol. The summed E-state index contributed by atoms with van der Waals surface area (Å²) in [7, 11) is -4.67. The van der Waals surface area contributed by atoms with Crippen LogP contribution in [0.4, 0.5) is 0 Å². The van der Waals surface area contributed by atoms with E-state index in [1.807, 2.05) is 0 Å². The van der Waals surface area contributed by atoms with E-state index in [1.54, 1.807) is 0 Å². The summed E-state index contributed by atoms with van der Waals surface area (Å²) < 4.78 is 31.6. The Hall–Kier alpha value is 3.14. The van der Waals surface area contributed by atoms with Gasteiger partial charge in [-0.2, -0.15) is 8.42 Å². The van der Waals surface area contributed by atoms with Crippen LogP contribution in [0.5, 0.6) is 0 Å². The molecule has 0 saturated carbocycles. The van der Waals surface area contributed by atoms with Crippen molar-refractivity contribution >= 4 is 113 Å². The summed E-state index contributed by atoms with van der Waals surface area (Å²) in [5, 5.41) is 0. The molecule has 0 rings (SSSR count). The van der Waals surface area contributed by atoms with E-state index < -0.39 is 10.4 Å². The molecule has 0 spiro atoms. The summed E-state index contributed by atoms with van der Waals surface area (Å²) in [6.45, 7) is 0. The Balaban J connectivity index is -0.0000000800. The number of hydrogen-bond donors (Lipinski definition) is 2. The van der Waals surface area contributed by atoms with E-state index in [-0.39, 0.29) is 103 Å². The SMILES string of the molecule is O=S(=O)(O)O.[KH].[KH]. The van der Waals surface area contributed by atoms with E-state index >= 15 is 0 Å². The summed E-state index contributed by atoms with van der Waals surface area (Å²) in [5.74, 6) is 0. The Kier molecular flexibility index (Phi) is 17.2. The van der Waals surface area contributed by atoms with Gasteiger partial charge in [-0.25, -0.2) is 0 Å². The van der Waals surface area contributed by atoms with Gasteiger partial charge in [0.1, 0.15) is 0 Å². The van der Waals surface area contributed by atoms with Gasteiger partial charge in [0.05, 0.1) is 0 Å². The first-order chi connectivity index (χ1) is 2.00. The third-order valence-electron chi connectivity index (χ3n) is 0. The van der Waals surface area contributed by atoms with Crippen LogP contribution in [0.3, 0.4) is 0 Å². The van der Waals surface area contributed by atoms with E-state index in [4.69, 9.17) is 17.5 Å². The summed E-state index contributed by atoms with van der Waals surface area (Å²) in [6.07, 6.45) is 0. The summed E-state index contributed by atoms with van der Waals surface area (Å²) in [6, 6.07) is 0. The Morgan fingerprint density at radius 1 is 1.00 bits per heavy atom. The molecule has 0 aromatic heterocycles. The van der Waals surface area contributed by atoms with Crippen molar-refractivity contribution in [2.45, 2.75) is 0 Å². The van der Waals surface area contributed by atoms with Gasteiger partial charge >= 0.3 is 113 Å². The van der Waals surface area contributed by atoms with E-state index in [2.05, 4.69) is 0 Å². The van der Waals surface area contributed by atoms with Gasteiger partial charge in [0.15, 0.2) is 0 Å². The average Bonchev–Trinajstić information content (AvgIpc) is 0.722. The van der Waals surface area contributed by atoms with Gasteiger partial charge in [0.2, 0.25) is 0 Å². The molecule has 0 aliphatic rings. The van der Waals surface area contributed by atoms with Crippen molar-refractivity contribution in [3.05, 3.63) is 0 Å². The van der Waals surface area contributed by atoms with Gasteiger partial charge in [0.25, 0.3) is 0 Å². The second kappa shape index (κ2) is 7.25. The summed E-state index contributed by atoms with van der Waals surface area (Å²) in [5.41, 5.74) is 0. The Morgan fingerprint density at radius 2 is 1.00 bits per heavy atom. The Labute approximate surface area is 127 Å². The monoisotopic (exact) mass is 178 g/mol. The molecule has 7 heavy (non-hydrogen) atoms. The molecular weight excluding hydrogens is 174 g/mol. The van der Waals surface area contributed by atoms with Crippen molar-refractivity contribution in [2.75, 3.05) is 0 Å². The molecule has 0 aliphatic heterocycles. The first kappa shape index (κ1) is 16.6. The van der Waals surface area contributed by atoms with Gasteiger partial charge in [-0.05, 0) is 0 Å². The molecule has 0 bridgehead atoms. The zero-order valence-electron chi connectivity index (χ0n) is 2.12. The Bertz CT molecular complexity index is 92.9. The van der Waals surface area contributed by atoms with Crippen LogP contribution in [0.1, 0.15) is 0 Å². The fraction of sp³-hybridized carbons (Fsp3) is 0. The van der Waals surface area contributed by atoms with E-state index in [1.165, 1.54) is 0 Å². The first-order valence-corrected chi connectivity index (χ1v) is 2.10. The van der Waals surface area contributed by atoms with Gasteiger partial charge < -0.3 is 0 Å². The van der Waals surface area contributed by atoms with Gasteiger partial charge in [0, 0.05) is 0 Å². The third kappa shape index (κ3) is 47.2. The number of hydrogen-bond acceptors (Lipinski definition) is 2. The molecule has 0 radical (unpaired) electrons. The average molecular weight is 178 g/mol. The fourth-order valence-corrected chi connectivity index (χ4v) is 0. The van der Waals surface area contributed by atoms with Crippen LogP contribution in [-0.4, -0.2) is 120 Å². The molecule has 0 fully saturated rings. The third-order valence-corrected chi connectivity index (χ3v) is 0. The number of rotatable bonds is 0. The minimum atomic E-state index is -4.67. The molecule has 7 heteroatoms. The molecule has 0 saturated heterocycles. The van der Waals surface area contributed by atoms with Crippen molar-refractivity contribution in [1.82, 2.24) is 0 Å². The van der Waals surface area contributed by atoms with Crippen molar-refractivity contribution in [2.24, 2.45) is 0 Å². The maximum absolute atomic E-state index is 8.74.